The molecule has 6 aromatic rings. The average molecular weight is 1020 g/mol. The fourth-order valence-electron chi connectivity index (χ4n) is 4.28. The fraction of sp³-hybridized carbons (Fsp3) is 0.179. The largest absolute Gasteiger partial charge is 0.507 e. The number of hydrazone groups is 1. The molecule has 0 saturated carbocycles. The van der Waals surface area contributed by atoms with Crippen molar-refractivity contribution in [3.05, 3.63) is 134 Å². The van der Waals surface area contributed by atoms with Gasteiger partial charge in [-0.25, -0.2) is 14.6 Å². The summed E-state index contributed by atoms with van der Waals surface area (Å²) in [7, 11) is 5.15. The van der Waals surface area contributed by atoms with Crippen LogP contribution < -0.4 is 22.4 Å². The third-order valence-corrected chi connectivity index (χ3v) is 7.89. The summed E-state index contributed by atoms with van der Waals surface area (Å²) < 4.78 is 203. The molecule has 8 N–H and O–H groups in total. The van der Waals surface area contributed by atoms with Gasteiger partial charge in [0.15, 0.2) is 17.9 Å². The molecular formula is C39H88Br2N12O3. The number of aldehydes is 1. The summed E-state index contributed by atoms with van der Waals surface area (Å²) in [4.78, 5) is 27.0. The summed E-state index contributed by atoms with van der Waals surface area (Å²) in [5.41, 5.74) is 16.4. The van der Waals surface area contributed by atoms with Gasteiger partial charge in [-0.1, -0.05) is 57.5 Å². The molecule has 0 unspecified atom stereocenters. The highest BCUT2D eigenvalue weighted by Crippen LogP contribution is 2.31. The van der Waals surface area contributed by atoms with Crippen LogP contribution in [0.15, 0.2) is 105 Å². The van der Waals surface area contributed by atoms with E-state index in [2.05, 4.69) is 78.7 Å². The van der Waals surface area contributed by atoms with Gasteiger partial charge in [-0.3, -0.25) is 26.0 Å². The molecule has 0 aliphatic carbocycles. The predicted molar refractivity (Wildman–Crippen MR) is 272 cm³/mol. The number of benzene rings is 2. The van der Waals surface area contributed by atoms with Gasteiger partial charge < -0.3 is 21.4 Å². The van der Waals surface area contributed by atoms with Crippen molar-refractivity contribution in [1.29, 1.82) is 5.26 Å². The summed E-state index contributed by atoms with van der Waals surface area (Å²) in [6.45, 7) is 5.78. The minimum Gasteiger partial charge on any atom is -0.507 e. The number of nitriles is 1. The third kappa shape index (κ3) is 15.0. The Morgan fingerprint density at radius 1 is 0.911 bits per heavy atom. The van der Waals surface area contributed by atoms with E-state index in [0.29, 0.717) is 40.6 Å². The number of rotatable bonds is 5. The van der Waals surface area contributed by atoms with Gasteiger partial charge in [0.2, 0.25) is 5.82 Å². The SMILES string of the molecule is C.CN/N=C(\N)c1ncccc1C.CNN.Cc1cccnc1-c1nc(-c2cc(Br)ccc2O)n(C)n1.Cc1cccnc1C#N.O=Cc1cc(Br)ccc1O.[3HH].[3H][3H].[3H][3H].[3H][3H].[3H][3H].[3H][3H].[3H][3H].[3H][3H].[3H][3H].[3H][3H].[3H][3H].[3H][3H].[3H][3H].[3H][3H].[3H][3H].[3H][3H].[3H][3H].[3H][3H].[3H][3H].[3H][3H].[3H][3H]. The summed E-state index contributed by atoms with van der Waals surface area (Å²) in [5.74, 6) is 6.32. The molecule has 17 heteroatoms. The van der Waals surface area contributed by atoms with Crippen molar-refractivity contribution >= 4 is 44.0 Å². The zero-order valence-corrected chi connectivity index (χ0v) is 34.2. The van der Waals surface area contributed by atoms with Crippen LogP contribution in [0.4, 0.5) is 0 Å². The maximum atomic E-state index is 10.2. The molecule has 0 bridgehead atoms. The molecule has 4 heterocycles. The van der Waals surface area contributed by atoms with Crippen LogP contribution in [0.25, 0.3) is 22.9 Å². The van der Waals surface area contributed by atoms with Crippen molar-refractivity contribution in [1.82, 2.24) is 40.6 Å². The number of phenolic OH excluding ortho intramolecular Hbond substituents is 2. The van der Waals surface area contributed by atoms with Crippen molar-refractivity contribution < 1.29 is 75.8 Å². The summed E-state index contributed by atoms with van der Waals surface area (Å²) in [6.07, 6.45) is 5.64. The molecule has 56 heavy (non-hydrogen) atoms. The van der Waals surface area contributed by atoms with Crippen molar-refractivity contribution in [2.75, 3.05) is 14.1 Å². The minimum absolute atomic E-state index is 0. The Balaban J connectivity index is -0.0000000357. The van der Waals surface area contributed by atoms with Gasteiger partial charge in [0, 0.05) is 102 Å². The van der Waals surface area contributed by atoms with Gasteiger partial charge in [0.25, 0.3) is 0 Å². The van der Waals surface area contributed by atoms with Gasteiger partial charge >= 0.3 is 0 Å². The number of hydrazine groups is 1. The Morgan fingerprint density at radius 3 is 1.98 bits per heavy atom. The topological polar surface area (TPSA) is 239 Å². The number of nitrogens with two attached hydrogens (primary N) is 2. The number of amidine groups is 1. The molecule has 15 nitrogen and oxygen atoms in total. The maximum absolute atomic E-state index is 10.2. The van der Waals surface area contributed by atoms with E-state index in [4.69, 9.17) is 75.5 Å². The molecule has 6 rings (SSSR count). The average Bonchev–Trinajstić information content (AvgIpc) is 1.68. The molecule has 4 aromatic heterocycles. The Bertz CT molecular complexity index is 2320. The van der Waals surface area contributed by atoms with E-state index in [0.717, 1.165) is 37.0 Å². The van der Waals surface area contributed by atoms with Crippen LogP contribution in [0.3, 0.4) is 0 Å². The second kappa shape index (κ2) is 25.1. The molecule has 0 spiro atoms. The lowest BCUT2D eigenvalue weighted by atomic mass is 10.2. The number of phenols is 2. The number of carbonyl (C=O) groups is 1. The quantitative estimate of drug-likeness (QED) is 0.0310. The van der Waals surface area contributed by atoms with Crippen LogP contribution in [0.5, 0.6) is 11.5 Å². The lowest BCUT2D eigenvalue weighted by molar-refractivity contribution is 0.112. The van der Waals surface area contributed by atoms with Crippen molar-refractivity contribution in [2.24, 2.45) is 23.7 Å². The van der Waals surface area contributed by atoms with E-state index in [1.165, 1.54) is 6.07 Å². The first-order valence-electron chi connectivity index (χ1n) is 36.2. The lowest BCUT2D eigenvalue weighted by Gasteiger charge is -2.03. The molecule has 0 amide bonds. The number of pyridine rings is 3. The van der Waals surface area contributed by atoms with E-state index < -0.39 is 0 Å². The van der Waals surface area contributed by atoms with Crippen molar-refractivity contribution in [2.45, 2.75) is 28.2 Å². The zero-order chi connectivity index (χ0) is 80.9. The molecule has 0 fully saturated rings. The van der Waals surface area contributed by atoms with Crippen LogP contribution in [-0.2, 0) is 7.05 Å². The predicted octanol–water partition coefficient (Wildman–Crippen LogP) is 11.7. The number of carbonyl (C=O) groups excluding carboxylic acids is 1. The van der Waals surface area contributed by atoms with Crippen molar-refractivity contribution in [3.63, 3.8) is 0 Å². The standard InChI is InChI=1S/C15H13BrN4O.C8H12N4.C7H5BrO2.C7H6N2.CH6N2.CH4.21H2/c1-9-4-3-7-17-13(9)14-18-15(20(2)19-14)11-8-10(16)5-6-12(11)21;1-6-4-3-5-11-7(6)8(9)12-10-2;8-6-1-2-7(10)5(3-6)4-9;1-6-3-2-4-9-7(6)5-8;1-3-2;;;;;;;;;;;;;;;;;;;;;;/h3-8,21H,1-2H3;3-5,10H,1-2H3,(H2,9,12);1-4,10H;2-4H,1H3;3H,2H2,1H3;1H4;21*1H/i;;;;;;20*1+2T;1+2. The van der Waals surface area contributed by atoms with Crippen LogP contribution >= 0.6 is 31.9 Å². The normalized spacial score (nSPS) is 12.7. The highest BCUT2D eigenvalue weighted by Gasteiger charge is 2.16. The highest BCUT2D eigenvalue weighted by atomic mass is 79.9. The van der Waals surface area contributed by atoms with E-state index in [9.17, 15) is 9.90 Å². The molecule has 0 saturated heterocycles. The number of aromatic hydroxyl groups is 2. The van der Waals surface area contributed by atoms with Gasteiger partial charge in [0.1, 0.15) is 34.7 Å². The first kappa shape index (κ1) is 24.5. The second-order valence-electron chi connectivity index (χ2n) is 11.0. The minimum atomic E-state index is 0. The molecule has 0 aliphatic heterocycles. The number of hydrogen-bond acceptors (Lipinski definition) is 13. The molecule has 0 radical (unpaired) electrons. The Hall–Kier alpha value is -6.06. The van der Waals surface area contributed by atoms with Crippen LogP contribution in [-0.4, -0.2) is 66.1 Å². The lowest BCUT2D eigenvalue weighted by Crippen LogP contribution is -2.19. The molecular weight excluding hydrogens is 844 g/mol. The van der Waals surface area contributed by atoms with E-state index >= 15 is 0 Å². The summed E-state index contributed by atoms with van der Waals surface area (Å²) in [6, 6.07) is 23.2. The van der Waals surface area contributed by atoms with Crippen LogP contribution in [0, 0.1) is 32.1 Å². The monoisotopic (exact) mass is 1010 g/mol. The van der Waals surface area contributed by atoms with E-state index in [1.54, 1.807) is 68.7 Å². The van der Waals surface area contributed by atoms with Gasteiger partial charge in [0.05, 0.1) is 11.1 Å². The summed E-state index contributed by atoms with van der Waals surface area (Å²) >= 11 is 6.57. The summed E-state index contributed by atoms with van der Waals surface area (Å²) in [5, 5.41) is 35.7. The van der Waals surface area contributed by atoms with Gasteiger partial charge in [-0.15, -0.1) is 5.10 Å². The highest BCUT2D eigenvalue weighted by molar-refractivity contribution is 9.10. The third-order valence-electron chi connectivity index (χ3n) is 6.90. The Kier molecular flexibility index (Phi) is 11.0. The van der Waals surface area contributed by atoms with Crippen LogP contribution in [0.1, 0.15) is 107 Å². The first-order chi connectivity index (χ1) is 46.3. The smallest absolute Gasteiger partial charge is 0.200 e. The van der Waals surface area contributed by atoms with Gasteiger partial charge in [-0.05, 0) is 99.1 Å². The fourth-order valence-corrected chi connectivity index (χ4v) is 5.02. The number of aromatic nitrogens is 6. The van der Waals surface area contributed by atoms with E-state index in [-0.39, 0.29) is 20.4 Å². The molecule has 2 aromatic carbocycles. The molecule has 0 atom stereocenters. The zero-order valence-electron chi connectivity index (χ0n) is 71.0. The Morgan fingerprint density at radius 2 is 1.46 bits per heavy atom. The van der Waals surface area contributed by atoms with E-state index in [1.807, 2.05) is 69.3 Å². The number of halogens is 2. The molecule has 0 aliphatic rings. The first-order valence-corrected chi connectivity index (χ1v) is 17.8. The number of aryl methyl sites for hydroxylation is 4. The second-order valence-corrected chi connectivity index (χ2v) is 12.8. The van der Waals surface area contributed by atoms with Crippen LogP contribution in [0.2, 0.25) is 0 Å². The Labute approximate surface area is 407 Å². The number of nitrogens with zero attached hydrogens (tertiary/aromatic N) is 8. The van der Waals surface area contributed by atoms with Crippen molar-refractivity contribution in [3.8, 4) is 40.5 Å². The number of nitrogens with one attached hydrogen (secondary N) is 2. The van der Waals surface area contributed by atoms with Gasteiger partial charge in [-0.2, -0.15) is 10.4 Å². The maximum Gasteiger partial charge on any atom is 0.200 e. The molecule has 336 valence electrons. The number of hydrogen-bond donors (Lipinski definition) is 6.